The number of nitrogens with one attached hydrogen (secondary N) is 3. The van der Waals surface area contributed by atoms with Gasteiger partial charge in [-0.2, -0.15) is 0 Å². The van der Waals surface area contributed by atoms with E-state index in [2.05, 4.69) is 14.7 Å². The van der Waals surface area contributed by atoms with Crippen LogP contribution in [0.1, 0.15) is 40.2 Å². The number of fused-ring (bicyclic) bond motifs is 1. The topological polar surface area (TPSA) is 138 Å². The Morgan fingerprint density at radius 3 is 2.57 bits per heavy atom. The molecular formula is C25H23ClN4O5S2. The van der Waals surface area contributed by atoms with Gasteiger partial charge in [0.15, 0.2) is 0 Å². The van der Waals surface area contributed by atoms with Crippen molar-refractivity contribution in [2.45, 2.75) is 36.0 Å². The molecule has 0 spiro atoms. The molecule has 0 saturated carbocycles. The van der Waals surface area contributed by atoms with Gasteiger partial charge in [-0.1, -0.05) is 48.0 Å². The van der Waals surface area contributed by atoms with Crippen LogP contribution in [0.2, 0.25) is 5.02 Å². The molecule has 4 aromatic rings. The van der Waals surface area contributed by atoms with Crippen molar-refractivity contribution in [3.8, 4) is 0 Å². The van der Waals surface area contributed by atoms with Crippen molar-refractivity contribution in [3.63, 3.8) is 0 Å². The number of aromatic amines is 1. The number of aromatic nitrogens is 2. The SMILES string of the molecule is Cc1cc(C[C@H](NS(=O)(=O)c2cccc(Cl)c2)c2nc3ccccc3[nH]2)ccc1C1CC(=O)NS1(=O)=O. The zero-order valence-corrected chi connectivity index (χ0v) is 22.0. The van der Waals surface area contributed by atoms with Gasteiger partial charge >= 0.3 is 0 Å². The first-order valence-corrected chi connectivity index (χ1v) is 14.8. The van der Waals surface area contributed by atoms with Gasteiger partial charge in [-0.3, -0.25) is 9.52 Å². The Morgan fingerprint density at radius 2 is 1.89 bits per heavy atom. The molecule has 1 aromatic heterocycles. The maximum absolute atomic E-state index is 13.3. The summed E-state index contributed by atoms with van der Waals surface area (Å²) in [6, 6.07) is 17.8. The number of H-pyrrole nitrogens is 1. The van der Waals surface area contributed by atoms with Crippen LogP contribution >= 0.6 is 11.6 Å². The zero-order chi connectivity index (χ0) is 26.4. The zero-order valence-electron chi connectivity index (χ0n) is 19.6. The molecule has 1 unspecified atom stereocenters. The van der Waals surface area contributed by atoms with Gasteiger partial charge < -0.3 is 4.98 Å². The number of carbonyl (C=O) groups excluding carboxylic acids is 1. The molecule has 192 valence electrons. The van der Waals surface area contributed by atoms with Gasteiger partial charge in [0.05, 0.1) is 28.4 Å². The van der Waals surface area contributed by atoms with Crippen molar-refractivity contribution in [2.24, 2.45) is 0 Å². The lowest BCUT2D eigenvalue weighted by atomic mass is 9.97. The number of para-hydroxylation sites is 2. The average Bonchev–Trinajstić information content (AvgIpc) is 3.38. The molecule has 1 fully saturated rings. The molecule has 9 nitrogen and oxygen atoms in total. The number of halogens is 1. The van der Waals surface area contributed by atoms with Crippen LogP contribution in [0.5, 0.6) is 0 Å². The van der Waals surface area contributed by atoms with Crippen LogP contribution in [-0.2, 0) is 31.3 Å². The molecule has 3 aromatic carbocycles. The van der Waals surface area contributed by atoms with Crippen LogP contribution < -0.4 is 9.44 Å². The fourth-order valence-corrected chi connectivity index (χ4v) is 7.52. The average molecular weight is 559 g/mol. The van der Waals surface area contributed by atoms with Crippen molar-refractivity contribution in [1.29, 1.82) is 0 Å². The number of benzene rings is 3. The Kier molecular flexibility index (Phi) is 6.57. The number of amides is 1. The number of rotatable bonds is 7. The van der Waals surface area contributed by atoms with Crippen molar-refractivity contribution < 1.29 is 21.6 Å². The second kappa shape index (κ2) is 9.56. The summed E-state index contributed by atoms with van der Waals surface area (Å²) in [6.45, 7) is 1.77. The fourth-order valence-electron chi connectivity index (χ4n) is 4.51. The number of carbonyl (C=O) groups is 1. The van der Waals surface area contributed by atoms with Crippen LogP contribution in [0.25, 0.3) is 11.0 Å². The lowest BCUT2D eigenvalue weighted by Crippen LogP contribution is -2.31. The summed E-state index contributed by atoms with van der Waals surface area (Å²) >= 11 is 6.02. The smallest absolute Gasteiger partial charge is 0.242 e. The van der Waals surface area contributed by atoms with Gasteiger partial charge in [0.2, 0.25) is 26.0 Å². The van der Waals surface area contributed by atoms with Crippen LogP contribution in [0.4, 0.5) is 0 Å². The predicted octanol–water partition coefficient (Wildman–Crippen LogP) is 3.68. The maximum atomic E-state index is 13.3. The van der Waals surface area contributed by atoms with E-state index in [-0.39, 0.29) is 17.7 Å². The predicted molar refractivity (Wildman–Crippen MR) is 140 cm³/mol. The Hall–Kier alpha value is -3.25. The molecule has 0 aliphatic carbocycles. The highest BCUT2D eigenvalue weighted by atomic mass is 35.5. The molecule has 12 heteroatoms. The summed E-state index contributed by atoms with van der Waals surface area (Å²) in [5, 5.41) is -0.661. The number of aryl methyl sites for hydroxylation is 1. The number of nitrogens with zero attached hydrogens (tertiary/aromatic N) is 1. The molecular weight excluding hydrogens is 536 g/mol. The Labute approximate surface area is 219 Å². The van der Waals surface area contributed by atoms with Gasteiger partial charge in [-0.25, -0.2) is 26.5 Å². The van der Waals surface area contributed by atoms with Crippen LogP contribution in [0, 0.1) is 6.92 Å². The van der Waals surface area contributed by atoms with E-state index in [0.717, 1.165) is 11.1 Å². The van der Waals surface area contributed by atoms with Gasteiger partial charge in [0.25, 0.3) is 0 Å². The van der Waals surface area contributed by atoms with E-state index in [0.29, 0.717) is 27.5 Å². The molecule has 2 atom stereocenters. The molecule has 3 N–H and O–H groups in total. The second-order valence-corrected chi connectivity index (χ2v) is 12.9. The summed E-state index contributed by atoms with van der Waals surface area (Å²) in [6.07, 6.45) is 0.0961. The molecule has 0 radical (unpaired) electrons. The maximum Gasteiger partial charge on any atom is 0.242 e. The molecule has 0 bridgehead atoms. The number of hydrogen-bond donors (Lipinski definition) is 3. The third kappa shape index (κ3) is 5.26. The molecule has 1 aliphatic heterocycles. The summed E-state index contributed by atoms with van der Waals surface area (Å²) < 4.78 is 56.0. The summed E-state index contributed by atoms with van der Waals surface area (Å²) in [7, 11) is -7.74. The third-order valence-corrected chi connectivity index (χ3v) is 9.65. The fraction of sp³-hybridized carbons (Fsp3) is 0.200. The van der Waals surface area contributed by atoms with Gasteiger partial charge in [-0.15, -0.1) is 0 Å². The van der Waals surface area contributed by atoms with Crippen molar-refractivity contribution >= 4 is 48.6 Å². The third-order valence-electron chi connectivity index (χ3n) is 6.26. The van der Waals surface area contributed by atoms with E-state index < -0.39 is 37.2 Å². The van der Waals surface area contributed by atoms with E-state index in [1.807, 2.05) is 29.0 Å². The quantitative estimate of drug-likeness (QED) is 0.316. The van der Waals surface area contributed by atoms with Crippen LogP contribution in [-0.4, -0.2) is 32.7 Å². The first-order valence-electron chi connectivity index (χ1n) is 11.4. The van der Waals surface area contributed by atoms with E-state index in [1.165, 1.54) is 12.1 Å². The Bertz CT molecular complexity index is 1700. The van der Waals surface area contributed by atoms with E-state index in [4.69, 9.17) is 11.6 Å². The summed E-state index contributed by atoms with van der Waals surface area (Å²) in [5.74, 6) is -0.101. The monoisotopic (exact) mass is 558 g/mol. The van der Waals surface area contributed by atoms with Crippen molar-refractivity contribution in [1.82, 2.24) is 19.4 Å². The molecule has 5 rings (SSSR count). The van der Waals surface area contributed by atoms with E-state index in [1.54, 1.807) is 37.3 Å². The number of sulfonamides is 2. The van der Waals surface area contributed by atoms with E-state index in [9.17, 15) is 21.6 Å². The number of hydrogen-bond acceptors (Lipinski definition) is 6. The normalized spacial score (nSPS) is 18.1. The molecule has 37 heavy (non-hydrogen) atoms. The summed E-state index contributed by atoms with van der Waals surface area (Å²) in [5.41, 5.74) is 3.43. The second-order valence-electron chi connectivity index (χ2n) is 8.93. The Balaban J connectivity index is 1.50. The standard InChI is InChI=1S/C25H23ClN4O5S2/c1-15-11-16(9-10-19(15)23-14-24(31)30-37(23,34)35)12-22(25-27-20-7-2-3-8-21(20)28-25)29-36(32,33)18-6-4-5-17(26)13-18/h2-11,13,22-23,29H,12,14H2,1H3,(H,27,28)(H,30,31)/t22-,23?/m0/s1. The van der Waals surface area contributed by atoms with Gasteiger partial charge in [0.1, 0.15) is 11.1 Å². The van der Waals surface area contributed by atoms with Crippen molar-refractivity contribution in [3.05, 3.63) is 94.3 Å². The van der Waals surface area contributed by atoms with E-state index >= 15 is 0 Å². The molecule has 1 amide bonds. The van der Waals surface area contributed by atoms with Gasteiger partial charge in [-0.05, 0) is 60.4 Å². The lowest BCUT2D eigenvalue weighted by molar-refractivity contribution is -0.118. The summed E-state index contributed by atoms with van der Waals surface area (Å²) in [4.78, 5) is 19.5. The van der Waals surface area contributed by atoms with Gasteiger partial charge in [0, 0.05) is 5.02 Å². The first-order chi connectivity index (χ1) is 17.5. The molecule has 2 heterocycles. The molecule has 1 aliphatic rings. The highest BCUT2D eigenvalue weighted by Gasteiger charge is 2.38. The minimum Gasteiger partial charge on any atom is -0.341 e. The lowest BCUT2D eigenvalue weighted by Gasteiger charge is -2.19. The number of imidazole rings is 1. The highest BCUT2D eigenvalue weighted by molar-refractivity contribution is 7.90. The minimum atomic E-state index is -3.96. The first kappa shape index (κ1) is 25.4. The minimum absolute atomic E-state index is 0.0243. The van der Waals surface area contributed by atoms with Crippen molar-refractivity contribution in [2.75, 3.05) is 0 Å². The largest absolute Gasteiger partial charge is 0.341 e. The molecule has 1 saturated heterocycles. The van der Waals surface area contributed by atoms with Crippen LogP contribution in [0.15, 0.2) is 71.6 Å². The Morgan fingerprint density at radius 1 is 1.11 bits per heavy atom. The highest BCUT2D eigenvalue weighted by Crippen LogP contribution is 2.33. The van der Waals surface area contributed by atoms with Crippen LogP contribution in [0.3, 0.4) is 0 Å².